The van der Waals surface area contributed by atoms with E-state index in [1.165, 1.54) is 6.42 Å². The molecular formula is C15H24ClNO2. The highest BCUT2D eigenvalue weighted by Crippen LogP contribution is 2.48. The van der Waals surface area contributed by atoms with Crippen molar-refractivity contribution in [3.8, 4) is 0 Å². The molecule has 3 nitrogen and oxygen atoms in total. The smallest absolute Gasteiger partial charge is 0.308 e. The van der Waals surface area contributed by atoms with E-state index in [1.807, 2.05) is 0 Å². The molecule has 1 saturated carbocycles. The van der Waals surface area contributed by atoms with E-state index in [1.54, 1.807) is 0 Å². The molecule has 2 saturated heterocycles. The molecule has 4 atom stereocenters. The predicted octanol–water partition coefficient (Wildman–Crippen LogP) is 2.97. The fourth-order valence-corrected chi connectivity index (χ4v) is 5.10. The molecule has 0 aromatic heterocycles. The van der Waals surface area contributed by atoms with Crippen LogP contribution in [0.25, 0.3) is 0 Å². The van der Waals surface area contributed by atoms with Gasteiger partial charge in [0.1, 0.15) is 0 Å². The van der Waals surface area contributed by atoms with Gasteiger partial charge in [-0.15, -0.1) is 11.6 Å². The van der Waals surface area contributed by atoms with Gasteiger partial charge in [-0.1, -0.05) is 0 Å². The Morgan fingerprint density at radius 2 is 1.84 bits per heavy atom. The third kappa shape index (κ3) is 2.40. The Kier molecular flexibility index (Phi) is 3.78. The fraction of sp³-hybridized carbons (Fsp3) is 0.933. The SMILES string of the molecule is CN1C2CC[C@@H]1C[C@H](C1CCC(Cl)CC1)[C@@H]2C(=O)O. The molecule has 0 spiro atoms. The van der Waals surface area contributed by atoms with Crippen LogP contribution in [0.5, 0.6) is 0 Å². The van der Waals surface area contributed by atoms with Crippen molar-refractivity contribution in [3.05, 3.63) is 0 Å². The summed E-state index contributed by atoms with van der Waals surface area (Å²) in [7, 11) is 2.12. The van der Waals surface area contributed by atoms with Gasteiger partial charge in [0.15, 0.2) is 0 Å². The summed E-state index contributed by atoms with van der Waals surface area (Å²) < 4.78 is 0. The minimum Gasteiger partial charge on any atom is -0.481 e. The van der Waals surface area contributed by atoms with Gasteiger partial charge in [-0.2, -0.15) is 0 Å². The maximum Gasteiger partial charge on any atom is 0.308 e. The van der Waals surface area contributed by atoms with Gasteiger partial charge in [0, 0.05) is 17.5 Å². The Bertz CT molecular complexity index is 354. The van der Waals surface area contributed by atoms with Gasteiger partial charge in [0.05, 0.1) is 5.92 Å². The van der Waals surface area contributed by atoms with Crippen LogP contribution < -0.4 is 0 Å². The maximum absolute atomic E-state index is 11.8. The molecule has 1 unspecified atom stereocenters. The summed E-state index contributed by atoms with van der Waals surface area (Å²) in [4.78, 5) is 14.1. The van der Waals surface area contributed by atoms with E-state index in [-0.39, 0.29) is 12.0 Å². The number of hydrogen-bond acceptors (Lipinski definition) is 2. The number of carboxylic acid groups (broad SMARTS) is 1. The monoisotopic (exact) mass is 285 g/mol. The minimum absolute atomic E-state index is 0.152. The number of carbonyl (C=O) groups is 1. The Labute approximate surface area is 120 Å². The molecule has 0 radical (unpaired) electrons. The average Bonchev–Trinajstić information content (AvgIpc) is 2.63. The molecule has 3 rings (SSSR count). The largest absolute Gasteiger partial charge is 0.481 e. The van der Waals surface area contributed by atoms with Crippen LogP contribution in [0.2, 0.25) is 0 Å². The third-order valence-corrected chi connectivity index (χ3v) is 6.34. The second-order valence-electron chi connectivity index (χ2n) is 6.74. The Balaban J connectivity index is 1.78. The van der Waals surface area contributed by atoms with Gasteiger partial charge < -0.3 is 5.11 Å². The van der Waals surface area contributed by atoms with E-state index in [0.29, 0.717) is 23.3 Å². The lowest BCUT2D eigenvalue weighted by molar-refractivity contribution is -0.150. The van der Waals surface area contributed by atoms with Crippen molar-refractivity contribution in [2.75, 3.05) is 7.05 Å². The van der Waals surface area contributed by atoms with Gasteiger partial charge in [-0.3, -0.25) is 9.69 Å². The molecule has 19 heavy (non-hydrogen) atoms. The summed E-state index contributed by atoms with van der Waals surface area (Å²) in [6, 6.07) is 0.897. The standard InChI is InChI=1S/C15H24ClNO2/c1-17-11-6-7-13(17)14(15(18)19)12(8-11)9-2-4-10(16)5-3-9/h9-14H,2-8H2,1H3,(H,18,19)/t9?,10?,11-,12-,13?,14+/m1/s1. The van der Waals surface area contributed by atoms with E-state index < -0.39 is 5.97 Å². The van der Waals surface area contributed by atoms with Crippen LogP contribution in [0.1, 0.15) is 44.9 Å². The molecule has 4 heteroatoms. The van der Waals surface area contributed by atoms with Gasteiger partial charge in [-0.05, 0) is 63.8 Å². The van der Waals surface area contributed by atoms with E-state index in [9.17, 15) is 9.90 Å². The highest BCUT2D eigenvalue weighted by Gasteiger charge is 2.50. The summed E-state index contributed by atoms with van der Waals surface area (Å²) in [5.74, 6) is 0.249. The maximum atomic E-state index is 11.8. The van der Waals surface area contributed by atoms with Gasteiger partial charge in [-0.25, -0.2) is 0 Å². The van der Waals surface area contributed by atoms with E-state index in [0.717, 1.165) is 38.5 Å². The number of aliphatic carboxylic acids is 1. The molecule has 2 heterocycles. The van der Waals surface area contributed by atoms with Gasteiger partial charge in [0.25, 0.3) is 0 Å². The molecule has 108 valence electrons. The highest BCUT2D eigenvalue weighted by atomic mass is 35.5. The van der Waals surface area contributed by atoms with Gasteiger partial charge >= 0.3 is 5.97 Å². The van der Waals surface area contributed by atoms with E-state index in [2.05, 4.69) is 11.9 Å². The topological polar surface area (TPSA) is 40.5 Å². The summed E-state index contributed by atoms with van der Waals surface area (Å²) in [6.07, 6.45) is 7.74. The van der Waals surface area contributed by atoms with Crippen molar-refractivity contribution >= 4 is 17.6 Å². The van der Waals surface area contributed by atoms with Crippen molar-refractivity contribution in [2.24, 2.45) is 17.8 Å². The first-order valence-corrected chi connectivity index (χ1v) is 8.10. The lowest BCUT2D eigenvalue weighted by Gasteiger charge is -2.45. The zero-order valence-electron chi connectivity index (χ0n) is 11.6. The third-order valence-electron chi connectivity index (χ3n) is 5.91. The lowest BCUT2D eigenvalue weighted by Crippen LogP contribution is -2.51. The number of piperidine rings is 1. The van der Waals surface area contributed by atoms with E-state index >= 15 is 0 Å². The lowest BCUT2D eigenvalue weighted by atomic mass is 9.68. The Morgan fingerprint density at radius 1 is 1.16 bits per heavy atom. The van der Waals surface area contributed by atoms with Crippen molar-refractivity contribution in [2.45, 2.75) is 62.4 Å². The second kappa shape index (κ2) is 5.25. The number of halogens is 1. The molecular weight excluding hydrogens is 262 g/mol. The number of fused-ring (bicyclic) bond motifs is 2. The predicted molar refractivity (Wildman–Crippen MR) is 75.4 cm³/mol. The van der Waals surface area contributed by atoms with Crippen LogP contribution in [0, 0.1) is 17.8 Å². The molecule has 3 fully saturated rings. The normalized spacial score (nSPS) is 47.3. The molecule has 0 aromatic rings. The number of hydrogen-bond donors (Lipinski definition) is 1. The van der Waals surface area contributed by atoms with Crippen molar-refractivity contribution in [1.29, 1.82) is 0 Å². The molecule has 0 amide bonds. The fourth-order valence-electron chi connectivity index (χ4n) is 4.84. The summed E-state index contributed by atoms with van der Waals surface area (Å²) in [5.41, 5.74) is 0. The second-order valence-corrected chi connectivity index (χ2v) is 7.36. The van der Waals surface area contributed by atoms with Gasteiger partial charge in [0.2, 0.25) is 0 Å². The molecule has 2 aliphatic heterocycles. The van der Waals surface area contributed by atoms with Crippen LogP contribution in [0.4, 0.5) is 0 Å². The molecule has 3 aliphatic rings. The van der Waals surface area contributed by atoms with Crippen molar-refractivity contribution in [1.82, 2.24) is 4.90 Å². The number of alkyl halides is 1. The van der Waals surface area contributed by atoms with Crippen molar-refractivity contribution in [3.63, 3.8) is 0 Å². The minimum atomic E-state index is -0.574. The number of rotatable bonds is 2. The summed E-state index contributed by atoms with van der Waals surface area (Å²) >= 11 is 6.19. The quantitative estimate of drug-likeness (QED) is 0.793. The summed E-state index contributed by atoms with van der Waals surface area (Å²) in [6.45, 7) is 0. The van der Waals surface area contributed by atoms with Crippen LogP contribution in [-0.4, -0.2) is 40.5 Å². The highest BCUT2D eigenvalue weighted by molar-refractivity contribution is 6.20. The summed E-state index contributed by atoms with van der Waals surface area (Å²) in [5, 5.41) is 10.00. The number of carboxylic acids is 1. The Morgan fingerprint density at radius 3 is 2.47 bits per heavy atom. The molecule has 1 N–H and O–H groups in total. The first kappa shape index (κ1) is 13.7. The van der Waals surface area contributed by atoms with Crippen LogP contribution in [0.3, 0.4) is 0 Å². The van der Waals surface area contributed by atoms with Crippen LogP contribution in [-0.2, 0) is 4.79 Å². The molecule has 0 aromatic carbocycles. The average molecular weight is 286 g/mol. The van der Waals surface area contributed by atoms with E-state index in [4.69, 9.17) is 11.6 Å². The molecule has 1 aliphatic carbocycles. The first-order chi connectivity index (χ1) is 9.08. The zero-order valence-corrected chi connectivity index (χ0v) is 12.4. The van der Waals surface area contributed by atoms with Crippen LogP contribution >= 0.6 is 11.6 Å². The van der Waals surface area contributed by atoms with Crippen molar-refractivity contribution < 1.29 is 9.90 Å². The van der Waals surface area contributed by atoms with Crippen LogP contribution in [0.15, 0.2) is 0 Å². The molecule has 2 bridgehead atoms. The number of nitrogens with zero attached hydrogens (tertiary/aromatic N) is 1. The Hall–Kier alpha value is -0.280. The first-order valence-electron chi connectivity index (χ1n) is 7.66. The zero-order chi connectivity index (χ0) is 13.6.